The predicted molar refractivity (Wildman–Crippen MR) is 112 cm³/mol. The number of phenols is 1. The molecule has 0 radical (unpaired) electrons. The van der Waals surface area contributed by atoms with E-state index in [1.807, 2.05) is 0 Å². The number of nitrogens with two attached hydrogens (primary N) is 1. The third kappa shape index (κ3) is 2.97. The van der Waals surface area contributed by atoms with Crippen LogP contribution in [0.4, 0.5) is 5.69 Å². The minimum Gasteiger partial charge on any atom is -0.507 e. The quantitative estimate of drug-likeness (QED) is 0.481. The summed E-state index contributed by atoms with van der Waals surface area (Å²) < 4.78 is 5.40. The van der Waals surface area contributed by atoms with E-state index in [4.69, 9.17) is 10.5 Å². The first kappa shape index (κ1) is 21.7. The molecule has 0 bridgehead atoms. The van der Waals surface area contributed by atoms with Crippen molar-refractivity contribution in [1.29, 1.82) is 0 Å². The van der Waals surface area contributed by atoms with E-state index in [1.165, 1.54) is 6.07 Å². The fourth-order valence-electron chi connectivity index (χ4n) is 6.05. The van der Waals surface area contributed by atoms with Crippen molar-refractivity contribution in [2.24, 2.45) is 29.4 Å². The molecule has 3 aliphatic carbocycles. The monoisotopic (exact) mass is 456 g/mol. The van der Waals surface area contributed by atoms with Crippen molar-refractivity contribution in [1.82, 2.24) is 0 Å². The van der Waals surface area contributed by atoms with Crippen LogP contribution < -0.4 is 10.6 Å². The average molecular weight is 456 g/mol. The van der Waals surface area contributed by atoms with Gasteiger partial charge in [-0.15, -0.1) is 0 Å². The van der Waals surface area contributed by atoms with Gasteiger partial charge in [-0.2, -0.15) is 0 Å². The number of hydrogen-bond acceptors (Lipinski definition) is 9. The number of phenolic OH excluding ortho intramolecular Hbond substituents is 1. The summed E-state index contributed by atoms with van der Waals surface area (Å²) in [6, 6.07) is 3.14. The van der Waals surface area contributed by atoms with Gasteiger partial charge in [-0.25, -0.2) is 0 Å². The number of ether oxygens (including phenoxy) is 1. The van der Waals surface area contributed by atoms with Crippen molar-refractivity contribution in [3.8, 4) is 5.75 Å². The maximum absolute atomic E-state index is 13.5. The number of morpholine rings is 1. The van der Waals surface area contributed by atoms with E-state index in [2.05, 4.69) is 4.90 Å². The highest BCUT2D eigenvalue weighted by Gasteiger charge is 2.66. The molecule has 4 N–H and O–H groups in total. The summed E-state index contributed by atoms with van der Waals surface area (Å²) in [6.45, 7) is 2.26. The van der Waals surface area contributed by atoms with Crippen molar-refractivity contribution < 1.29 is 38.9 Å². The number of carbonyl (C=O) groups excluding carboxylic acids is 5. The van der Waals surface area contributed by atoms with E-state index < -0.39 is 58.3 Å². The number of carbonyl (C=O) groups is 5. The van der Waals surface area contributed by atoms with E-state index in [1.54, 1.807) is 6.07 Å². The Morgan fingerprint density at radius 2 is 1.79 bits per heavy atom. The van der Waals surface area contributed by atoms with Crippen molar-refractivity contribution in [3.63, 3.8) is 0 Å². The van der Waals surface area contributed by atoms with Crippen molar-refractivity contribution >= 4 is 34.7 Å². The third-order valence-corrected chi connectivity index (χ3v) is 7.61. The number of benzene rings is 1. The van der Waals surface area contributed by atoms with Crippen LogP contribution >= 0.6 is 0 Å². The molecule has 1 aliphatic heterocycles. The number of hydrogen-bond donors (Lipinski definition) is 3. The molecule has 3 fully saturated rings. The maximum atomic E-state index is 13.5. The van der Waals surface area contributed by atoms with Gasteiger partial charge in [-0.1, -0.05) is 0 Å². The predicted octanol–water partition coefficient (Wildman–Crippen LogP) is -0.836. The van der Waals surface area contributed by atoms with Crippen LogP contribution in [0.1, 0.15) is 28.8 Å². The van der Waals surface area contributed by atoms with Crippen LogP contribution in [0, 0.1) is 23.7 Å². The zero-order valence-electron chi connectivity index (χ0n) is 17.8. The van der Waals surface area contributed by atoms with Gasteiger partial charge in [0.1, 0.15) is 5.75 Å². The van der Waals surface area contributed by atoms with Crippen LogP contribution in [0.25, 0.3) is 0 Å². The number of fused-ring (bicyclic) bond motifs is 3. The molecule has 33 heavy (non-hydrogen) atoms. The van der Waals surface area contributed by atoms with E-state index >= 15 is 0 Å². The lowest BCUT2D eigenvalue weighted by molar-refractivity contribution is -0.175. The van der Waals surface area contributed by atoms with E-state index in [0.29, 0.717) is 31.9 Å². The number of ketones is 4. The van der Waals surface area contributed by atoms with Gasteiger partial charge in [-0.05, 0) is 36.5 Å². The highest BCUT2D eigenvalue weighted by atomic mass is 16.5. The van der Waals surface area contributed by atoms with Crippen LogP contribution in [0.3, 0.4) is 0 Å². The summed E-state index contributed by atoms with van der Waals surface area (Å²) in [5.74, 6) is -9.96. The molecule has 10 heteroatoms. The van der Waals surface area contributed by atoms with Crippen molar-refractivity contribution in [2.75, 3.05) is 31.2 Å². The first-order valence-electron chi connectivity index (χ1n) is 11.0. The highest BCUT2D eigenvalue weighted by Crippen LogP contribution is 2.51. The van der Waals surface area contributed by atoms with E-state index in [-0.39, 0.29) is 30.6 Å². The second kappa shape index (κ2) is 7.46. The molecule has 1 aromatic carbocycles. The molecule has 1 amide bonds. The number of rotatable bonds is 2. The number of amides is 1. The zero-order valence-corrected chi connectivity index (χ0v) is 17.8. The lowest BCUT2D eigenvalue weighted by Crippen LogP contribution is -2.68. The van der Waals surface area contributed by atoms with Gasteiger partial charge in [0.25, 0.3) is 0 Å². The average Bonchev–Trinajstić information content (AvgIpc) is 2.76. The smallest absolute Gasteiger partial charge is 0.235 e. The topological polar surface area (TPSA) is 164 Å². The summed E-state index contributed by atoms with van der Waals surface area (Å²) in [6.07, 6.45) is 0.00818. The summed E-state index contributed by atoms with van der Waals surface area (Å²) in [7, 11) is 0. The summed E-state index contributed by atoms with van der Waals surface area (Å²) >= 11 is 0. The number of anilines is 1. The molecule has 2 unspecified atom stereocenters. The normalized spacial score (nSPS) is 33.9. The largest absolute Gasteiger partial charge is 0.507 e. The summed E-state index contributed by atoms with van der Waals surface area (Å²) in [5.41, 5.74) is 3.97. The van der Waals surface area contributed by atoms with Crippen LogP contribution in [0.5, 0.6) is 5.75 Å². The standard InChI is InChI=1S/C23H24N2O8/c24-22(31)18-15(27)9-11-7-10-8-12-13(25-3-5-33-6-4-25)1-2-14(26)17(12)19(28)16(10)20(29)23(11,32)21(18)30/h1-2,10-11,16,18,26,32H,3-9H2,(H2,24,31)/t10-,11+,16?,18?,23+/m1/s1. The van der Waals surface area contributed by atoms with E-state index in [0.717, 1.165) is 5.69 Å². The lowest BCUT2D eigenvalue weighted by Gasteiger charge is -2.49. The number of Topliss-reactive ketones (excluding diaryl/α,β-unsaturated/α-hetero) is 4. The number of aliphatic hydroxyl groups is 1. The molecular formula is C23H24N2O8. The molecule has 1 aromatic rings. The molecule has 174 valence electrons. The highest BCUT2D eigenvalue weighted by molar-refractivity contribution is 6.31. The van der Waals surface area contributed by atoms with Gasteiger partial charge in [0.2, 0.25) is 5.91 Å². The second-order valence-corrected chi connectivity index (χ2v) is 9.30. The van der Waals surface area contributed by atoms with Gasteiger partial charge >= 0.3 is 0 Å². The maximum Gasteiger partial charge on any atom is 0.235 e. The molecule has 0 spiro atoms. The van der Waals surface area contributed by atoms with Gasteiger partial charge in [0.05, 0.1) is 24.7 Å². The SMILES string of the molecule is NC(=O)C1C(=O)C[C@@H]2C[C@@H]3Cc4c(N5CCOCC5)ccc(O)c4C(=O)C3C(=O)[C@]2(O)C1=O. The summed E-state index contributed by atoms with van der Waals surface area (Å²) in [5, 5.41) is 21.7. The first-order chi connectivity index (χ1) is 15.7. The molecule has 5 atom stereocenters. The molecule has 4 aliphatic rings. The molecule has 1 heterocycles. The van der Waals surface area contributed by atoms with Crippen molar-refractivity contribution in [3.05, 3.63) is 23.3 Å². The lowest BCUT2D eigenvalue weighted by atomic mass is 9.54. The van der Waals surface area contributed by atoms with Gasteiger partial charge in [0, 0.05) is 31.1 Å². The Hall–Kier alpha value is -3.11. The Balaban J connectivity index is 1.57. The minimum atomic E-state index is -2.63. The van der Waals surface area contributed by atoms with Crippen LogP contribution in [0.15, 0.2) is 12.1 Å². The molecule has 1 saturated heterocycles. The third-order valence-electron chi connectivity index (χ3n) is 7.61. The molecular weight excluding hydrogens is 432 g/mol. The Kier molecular flexibility index (Phi) is 4.91. The Morgan fingerprint density at radius 3 is 2.45 bits per heavy atom. The molecule has 10 nitrogen and oxygen atoms in total. The van der Waals surface area contributed by atoms with Gasteiger partial charge in [0.15, 0.2) is 34.7 Å². The molecule has 2 saturated carbocycles. The number of primary amides is 1. The van der Waals surface area contributed by atoms with Gasteiger partial charge in [-0.3, -0.25) is 24.0 Å². The Morgan fingerprint density at radius 1 is 1.09 bits per heavy atom. The van der Waals surface area contributed by atoms with Crippen LogP contribution in [0.2, 0.25) is 0 Å². The fourth-order valence-corrected chi connectivity index (χ4v) is 6.05. The number of aromatic hydroxyl groups is 1. The van der Waals surface area contributed by atoms with Crippen LogP contribution in [-0.2, 0) is 30.3 Å². The van der Waals surface area contributed by atoms with Crippen LogP contribution in [-0.4, -0.2) is 71.2 Å². The molecule has 0 aromatic heterocycles. The fraction of sp³-hybridized carbons (Fsp3) is 0.522. The molecule has 5 rings (SSSR count). The first-order valence-corrected chi connectivity index (χ1v) is 11.0. The second-order valence-electron chi connectivity index (χ2n) is 9.30. The Labute approximate surface area is 188 Å². The zero-order chi connectivity index (χ0) is 23.7. The van der Waals surface area contributed by atoms with Crippen molar-refractivity contribution in [2.45, 2.75) is 24.9 Å². The Bertz CT molecular complexity index is 1110. The summed E-state index contributed by atoms with van der Waals surface area (Å²) in [4.78, 5) is 66.1. The van der Waals surface area contributed by atoms with E-state index in [9.17, 15) is 34.2 Å². The van der Waals surface area contributed by atoms with Gasteiger partial charge < -0.3 is 25.6 Å². The number of nitrogens with zero attached hydrogens (tertiary/aromatic N) is 1. The minimum absolute atomic E-state index is 0.0152.